The predicted octanol–water partition coefficient (Wildman–Crippen LogP) is 3.79. The lowest BCUT2D eigenvalue weighted by Gasteiger charge is -2.23. The molecule has 3 rings (SSSR count). The number of likely N-dealkylation sites (N-methyl/N-ethyl adjacent to an activating group) is 1. The molecule has 0 saturated heterocycles. The van der Waals surface area contributed by atoms with Gasteiger partial charge in [-0.3, -0.25) is 9.59 Å². The summed E-state index contributed by atoms with van der Waals surface area (Å²) in [5.41, 5.74) is 4.87. The zero-order chi connectivity index (χ0) is 19.2. The van der Waals surface area contributed by atoms with Crippen molar-refractivity contribution in [2.24, 2.45) is 0 Å². The molecule has 0 heterocycles. The molecule has 2 amide bonds. The van der Waals surface area contributed by atoms with Crippen molar-refractivity contribution in [2.75, 3.05) is 6.54 Å². The molecule has 0 bridgehead atoms. The molecular weight excluding hydrogens is 336 g/mol. The lowest BCUT2D eigenvalue weighted by molar-refractivity contribution is -0.146. The van der Waals surface area contributed by atoms with E-state index >= 15 is 0 Å². The average Bonchev–Trinajstić information content (AvgIpc) is 2.71. The molecule has 0 spiro atoms. The number of hydrogen-bond donors (Lipinski definition) is 1. The largest absolute Gasteiger partial charge is 0.341 e. The van der Waals surface area contributed by atoms with Gasteiger partial charge in [0.05, 0.1) is 6.04 Å². The van der Waals surface area contributed by atoms with Crippen LogP contribution < -0.4 is 5.32 Å². The summed E-state index contributed by atoms with van der Waals surface area (Å²) in [6, 6.07) is 16.0. The van der Waals surface area contributed by atoms with E-state index in [2.05, 4.69) is 23.5 Å². The number of benzene rings is 2. The third-order valence-corrected chi connectivity index (χ3v) is 5.30. The van der Waals surface area contributed by atoms with Crippen LogP contribution in [-0.4, -0.2) is 23.3 Å². The number of nitrogens with one attached hydrogen (secondary N) is 1. The van der Waals surface area contributed by atoms with Crippen molar-refractivity contribution in [2.45, 2.75) is 52.1 Å². The average molecular weight is 364 g/mol. The highest BCUT2D eigenvalue weighted by atomic mass is 16.2. The van der Waals surface area contributed by atoms with Crippen LogP contribution in [0.25, 0.3) is 0 Å². The van der Waals surface area contributed by atoms with Gasteiger partial charge in [0, 0.05) is 13.1 Å². The standard InChI is InChI=1S/C23H28N2O2/c1-3-25(16-18-9-5-4-6-10-18)23(27)22(26)24-17(2)20-14-13-19-11-7-8-12-21(19)15-20/h4-6,9-10,13-15,17H,3,7-8,11-12,16H2,1-2H3,(H,24,26). The Labute approximate surface area is 161 Å². The van der Waals surface area contributed by atoms with E-state index in [9.17, 15) is 9.59 Å². The van der Waals surface area contributed by atoms with Gasteiger partial charge in [0.25, 0.3) is 0 Å². The zero-order valence-corrected chi connectivity index (χ0v) is 16.2. The third-order valence-electron chi connectivity index (χ3n) is 5.30. The van der Waals surface area contributed by atoms with E-state index in [-0.39, 0.29) is 6.04 Å². The van der Waals surface area contributed by atoms with Crippen LogP contribution in [0.15, 0.2) is 48.5 Å². The first-order valence-corrected chi connectivity index (χ1v) is 9.84. The first-order valence-electron chi connectivity index (χ1n) is 9.84. The summed E-state index contributed by atoms with van der Waals surface area (Å²) in [5, 5.41) is 2.87. The van der Waals surface area contributed by atoms with Crippen molar-refractivity contribution >= 4 is 11.8 Å². The zero-order valence-electron chi connectivity index (χ0n) is 16.2. The van der Waals surface area contributed by atoms with Gasteiger partial charge in [0.15, 0.2) is 0 Å². The van der Waals surface area contributed by atoms with Crippen molar-refractivity contribution in [1.82, 2.24) is 10.2 Å². The molecule has 142 valence electrons. The van der Waals surface area contributed by atoms with Crippen LogP contribution >= 0.6 is 0 Å². The molecular formula is C23H28N2O2. The summed E-state index contributed by atoms with van der Waals surface area (Å²) < 4.78 is 0. The molecule has 4 nitrogen and oxygen atoms in total. The molecule has 0 aliphatic heterocycles. The lowest BCUT2D eigenvalue weighted by Crippen LogP contribution is -2.43. The number of fused-ring (bicyclic) bond motifs is 1. The molecule has 2 aromatic rings. The van der Waals surface area contributed by atoms with Crippen molar-refractivity contribution in [3.05, 3.63) is 70.8 Å². The number of carbonyl (C=O) groups is 2. The summed E-state index contributed by atoms with van der Waals surface area (Å²) in [5.74, 6) is -1.02. The maximum atomic E-state index is 12.6. The highest BCUT2D eigenvalue weighted by Crippen LogP contribution is 2.24. The van der Waals surface area contributed by atoms with Crippen LogP contribution in [0.1, 0.15) is 55.0 Å². The van der Waals surface area contributed by atoms with E-state index < -0.39 is 11.8 Å². The molecule has 4 heteroatoms. The van der Waals surface area contributed by atoms with E-state index in [0.717, 1.165) is 24.0 Å². The molecule has 27 heavy (non-hydrogen) atoms. The fourth-order valence-electron chi connectivity index (χ4n) is 3.64. The van der Waals surface area contributed by atoms with E-state index in [1.165, 1.54) is 24.0 Å². The second-order valence-electron chi connectivity index (χ2n) is 7.24. The quantitative estimate of drug-likeness (QED) is 0.821. The minimum atomic E-state index is -0.544. The number of amides is 2. The predicted molar refractivity (Wildman–Crippen MR) is 107 cm³/mol. The molecule has 1 aliphatic carbocycles. The number of rotatable bonds is 5. The minimum absolute atomic E-state index is 0.191. The van der Waals surface area contributed by atoms with E-state index in [0.29, 0.717) is 13.1 Å². The second kappa shape index (κ2) is 8.85. The fraction of sp³-hybridized carbons (Fsp3) is 0.391. The van der Waals surface area contributed by atoms with Crippen LogP contribution in [-0.2, 0) is 29.0 Å². The first-order chi connectivity index (χ1) is 13.1. The van der Waals surface area contributed by atoms with Crippen LogP contribution in [0.5, 0.6) is 0 Å². The van der Waals surface area contributed by atoms with Gasteiger partial charge in [-0.15, -0.1) is 0 Å². The van der Waals surface area contributed by atoms with Gasteiger partial charge in [-0.25, -0.2) is 0 Å². The van der Waals surface area contributed by atoms with Gasteiger partial charge in [0.2, 0.25) is 0 Å². The van der Waals surface area contributed by atoms with Crippen molar-refractivity contribution in [1.29, 1.82) is 0 Å². The molecule has 0 saturated carbocycles. The Kier molecular flexibility index (Phi) is 6.28. The molecule has 0 aromatic heterocycles. The molecule has 1 aliphatic rings. The Morgan fingerprint density at radius 1 is 1.04 bits per heavy atom. The number of hydrogen-bond acceptors (Lipinski definition) is 2. The first kappa shape index (κ1) is 19.2. The summed E-state index contributed by atoms with van der Waals surface area (Å²) in [6.45, 7) is 4.76. The van der Waals surface area contributed by atoms with Gasteiger partial charge in [-0.05, 0) is 61.8 Å². The Balaban J connectivity index is 1.63. The van der Waals surface area contributed by atoms with Crippen molar-refractivity contribution < 1.29 is 9.59 Å². The Hall–Kier alpha value is -2.62. The summed E-state index contributed by atoms with van der Waals surface area (Å²) in [6.07, 6.45) is 4.71. The molecule has 1 N–H and O–H groups in total. The second-order valence-corrected chi connectivity index (χ2v) is 7.24. The maximum absolute atomic E-state index is 12.6. The van der Waals surface area contributed by atoms with E-state index in [1.807, 2.05) is 44.2 Å². The molecule has 2 aromatic carbocycles. The molecule has 0 radical (unpaired) electrons. The number of carbonyl (C=O) groups excluding carboxylic acids is 2. The smallest absolute Gasteiger partial charge is 0.312 e. The van der Waals surface area contributed by atoms with Gasteiger partial charge in [-0.1, -0.05) is 48.5 Å². The van der Waals surface area contributed by atoms with Crippen molar-refractivity contribution in [3.63, 3.8) is 0 Å². The van der Waals surface area contributed by atoms with Crippen molar-refractivity contribution in [3.8, 4) is 0 Å². The Bertz CT molecular complexity index is 801. The van der Waals surface area contributed by atoms with Crippen LogP contribution in [0.3, 0.4) is 0 Å². The van der Waals surface area contributed by atoms with Gasteiger partial charge in [0.1, 0.15) is 0 Å². The highest BCUT2D eigenvalue weighted by Gasteiger charge is 2.23. The maximum Gasteiger partial charge on any atom is 0.312 e. The van der Waals surface area contributed by atoms with Crippen LogP contribution in [0.4, 0.5) is 0 Å². The topological polar surface area (TPSA) is 49.4 Å². The SMILES string of the molecule is CCN(Cc1ccccc1)C(=O)C(=O)NC(C)c1ccc2c(c1)CCCC2. The normalized spacial score (nSPS) is 14.1. The lowest BCUT2D eigenvalue weighted by atomic mass is 9.89. The molecule has 1 atom stereocenters. The van der Waals surface area contributed by atoms with Gasteiger partial charge < -0.3 is 10.2 Å². The summed E-state index contributed by atoms with van der Waals surface area (Å²) >= 11 is 0. The van der Waals surface area contributed by atoms with Gasteiger partial charge in [-0.2, -0.15) is 0 Å². The Morgan fingerprint density at radius 2 is 1.74 bits per heavy atom. The van der Waals surface area contributed by atoms with Gasteiger partial charge >= 0.3 is 11.8 Å². The van der Waals surface area contributed by atoms with E-state index in [1.54, 1.807) is 4.90 Å². The number of nitrogens with zero attached hydrogens (tertiary/aromatic N) is 1. The molecule has 0 fully saturated rings. The van der Waals surface area contributed by atoms with E-state index in [4.69, 9.17) is 0 Å². The fourth-order valence-corrected chi connectivity index (χ4v) is 3.64. The summed E-state index contributed by atoms with van der Waals surface area (Å²) in [7, 11) is 0. The summed E-state index contributed by atoms with van der Waals surface area (Å²) in [4.78, 5) is 26.7. The molecule has 1 unspecified atom stereocenters. The number of aryl methyl sites for hydroxylation is 2. The van der Waals surface area contributed by atoms with Crippen LogP contribution in [0, 0.1) is 0 Å². The third kappa shape index (κ3) is 4.76. The highest BCUT2D eigenvalue weighted by molar-refractivity contribution is 6.35. The minimum Gasteiger partial charge on any atom is -0.341 e. The monoisotopic (exact) mass is 364 g/mol. The van der Waals surface area contributed by atoms with Crippen LogP contribution in [0.2, 0.25) is 0 Å². The Morgan fingerprint density at radius 3 is 2.44 bits per heavy atom.